The molecule has 1 amide bonds. The summed E-state index contributed by atoms with van der Waals surface area (Å²) in [5, 5.41) is 3.29. The highest BCUT2D eigenvalue weighted by atomic mass is 32.2. The van der Waals surface area contributed by atoms with Crippen molar-refractivity contribution in [3.05, 3.63) is 35.9 Å². The van der Waals surface area contributed by atoms with E-state index in [0.717, 1.165) is 19.4 Å². The minimum absolute atomic E-state index is 0.0811. The van der Waals surface area contributed by atoms with E-state index in [0.29, 0.717) is 5.56 Å². The number of benzene rings is 1. The van der Waals surface area contributed by atoms with Crippen LogP contribution in [0.4, 0.5) is 0 Å². The first-order valence-electron chi connectivity index (χ1n) is 7.77. The maximum absolute atomic E-state index is 12.3. The zero-order valence-corrected chi connectivity index (χ0v) is 14.3. The Hall–Kier alpha value is -1.44. The van der Waals surface area contributed by atoms with Crippen LogP contribution in [0.5, 0.6) is 0 Å². The SMILES string of the molecule is CO[C@@H](C1CCCN1)[C@@H](C)C(=O)NS(=O)(=O)Cc1ccccc1. The van der Waals surface area contributed by atoms with Gasteiger partial charge in [-0.2, -0.15) is 0 Å². The first-order valence-corrected chi connectivity index (χ1v) is 9.42. The number of rotatable bonds is 7. The lowest BCUT2D eigenvalue weighted by Gasteiger charge is -2.27. The highest BCUT2D eigenvalue weighted by Crippen LogP contribution is 2.19. The first-order chi connectivity index (χ1) is 10.9. The second-order valence-electron chi connectivity index (χ2n) is 5.90. The lowest BCUT2D eigenvalue weighted by atomic mass is 9.96. The molecule has 23 heavy (non-hydrogen) atoms. The molecule has 1 aromatic carbocycles. The maximum atomic E-state index is 12.3. The minimum Gasteiger partial charge on any atom is -0.379 e. The number of methoxy groups -OCH3 is 1. The zero-order valence-electron chi connectivity index (χ0n) is 13.5. The topological polar surface area (TPSA) is 84.5 Å². The summed E-state index contributed by atoms with van der Waals surface area (Å²) in [6.07, 6.45) is 1.61. The molecule has 0 aromatic heterocycles. The van der Waals surface area contributed by atoms with Gasteiger partial charge in [0, 0.05) is 13.2 Å². The number of amides is 1. The summed E-state index contributed by atoms with van der Waals surface area (Å²) in [7, 11) is -2.17. The van der Waals surface area contributed by atoms with Gasteiger partial charge in [-0.15, -0.1) is 0 Å². The number of hydrogen-bond donors (Lipinski definition) is 2. The molecule has 1 heterocycles. The van der Waals surface area contributed by atoms with Crippen molar-refractivity contribution in [3.63, 3.8) is 0 Å². The molecule has 1 aliphatic rings. The number of carbonyl (C=O) groups excluding carboxylic acids is 1. The highest BCUT2D eigenvalue weighted by Gasteiger charge is 2.34. The summed E-state index contributed by atoms with van der Waals surface area (Å²) in [6, 6.07) is 8.86. The number of sulfonamides is 1. The number of carbonyl (C=O) groups is 1. The van der Waals surface area contributed by atoms with Crippen molar-refractivity contribution < 1.29 is 17.9 Å². The van der Waals surface area contributed by atoms with Crippen LogP contribution in [0.25, 0.3) is 0 Å². The Bertz CT molecular complexity index is 612. The van der Waals surface area contributed by atoms with Gasteiger partial charge >= 0.3 is 0 Å². The van der Waals surface area contributed by atoms with E-state index in [-0.39, 0.29) is 17.9 Å². The molecular weight excluding hydrogens is 316 g/mol. The van der Waals surface area contributed by atoms with Crippen molar-refractivity contribution in [2.45, 2.75) is 37.7 Å². The zero-order chi connectivity index (χ0) is 16.9. The summed E-state index contributed by atoms with van der Waals surface area (Å²) >= 11 is 0. The summed E-state index contributed by atoms with van der Waals surface area (Å²) in [6.45, 7) is 2.59. The molecule has 0 saturated carbocycles. The quantitative estimate of drug-likeness (QED) is 0.775. The normalized spacial score (nSPS) is 20.9. The van der Waals surface area contributed by atoms with Crippen LogP contribution in [0, 0.1) is 5.92 Å². The van der Waals surface area contributed by atoms with Crippen LogP contribution in [0.2, 0.25) is 0 Å². The van der Waals surface area contributed by atoms with Crippen LogP contribution in [-0.4, -0.2) is 40.1 Å². The third kappa shape index (κ3) is 5.02. The molecule has 0 bridgehead atoms. The smallest absolute Gasteiger partial charge is 0.239 e. The predicted octanol–water partition coefficient (Wildman–Crippen LogP) is 1.04. The van der Waals surface area contributed by atoms with E-state index in [1.54, 1.807) is 38.3 Å². The first kappa shape index (κ1) is 17.9. The summed E-state index contributed by atoms with van der Waals surface area (Å²) in [4.78, 5) is 12.3. The van der Waals surface area contributed by atoms with Crippen molar-refractivity contribution in [1.29, 1.82) is 0 Å². The van der Waals surface area contributed by atoms with Gasteiger partial charge in [0.15, 0.2) is 0 Å². The third-order valence-electron chi connectivity index (χ3n) is 4.13. The van der Waals surface area contributed by atoms with Crippen molar-refractivity contribution in [2.24, 2.45) is 5.92 Å². The number of ether oxygens (including phenoxy) is 1. The molecule has 0 aliphatic carbocycles. The number of nitrogens with one attached hydrogen (secondary N) is 2. The maximum Gasteiger partial charge on any atom is 0.239 e. The van der Waals surface area contributed by atoms with Gasteiger partial charge in [0.05, 0.1) is 17.8 Å². The lowest BCUT2D eigenvalue weighted by Crippen LogP contribution is -2.47. The molecule has 6 nitrogen and oxygen atoms in total. The molecule has 128 valence electrons. The Morgan fingerprint density at radius 1 is 1.39 bits per heavy atom. The monoisotopic (exact) mass is 340 g/mol. The van der Waals surface area contributed by atoms with E-state index in [1.807, 2.05) is 6.07 Å². The molecule has 1 fully saturated rings. The second-order valence-corrected chi connectivity index (χ2v) is 7.63. The summed E-state index contributed by atoms with van der Waals surface area (Å²) < 4.78 is 31.9. The van der Waals surface area contributed by atoms with Crippen LogP contribution in [0.1, 0.15) is 25.3 Å². The summed E-state index contributed by atoms with van der Waals surface area (Å²) in [5.74, 6) is -1.30. The fraction of sp³-hybridized carbons (Fsp3) is 0.562. The molecule has 1 aliphatic heterocycles. The van der Waals surface area contributed by atoms with Gasteiger partial charge in [0.25, 0.3) is 0 Å². The highest BCUT2D eigenvalue weighted by molar-refractivity contribution is 7.89. The van der Waals surface area contributed by atoms with E-state index in [9.17, 15) is 13.2 Å². The standard InChI is InChI=1S/C16H24N2O4S/c1-12(15(22-2)14-9-6-10-17-14)16(19)18-23(20,21)11-13-7-4-3-5-8-13/h3-5,7-8,12,14-15,17H,6,9-11H2,1-2H3,(H,18,19)/t12-,14?,15-/m1/s1. The second kappa shape index (κ2) is 7.90. The van der Waals surface area contributed by atoms with Gasteiger partial charge in [0.1, 0.15) is 0 Å². The van der Waals surface area contributed by atoms with Crippen LogP contribution >= 0.6 is 0 Å². The van der Waals surface area contributed by atoms with Gasteiger partial charge < -0.3 is 10.1 Å². The van der Waals surface area contributed by atoms with Gasteiger partial charge in [-0.1, -0.05) is 37.3 Å². The van der Waals surface area contributed by atoms with Crippen molar-refractivity contribution in [1.82, 2.24) is 10.0 Å². The Balaban J connectivity index is 1.98. The van der Waals surface area contributed by atoms with E-state index in [2.05, 4.69) is 10.0 Å². The van der Waals surface area contributed by atoms with E-state index in [4.69, 9.17) is 4.74 Å². The molecular formula is C16H24N2O4S. The van der Waals surface area contributed by atoms with E-state index < -0.39 is 21.8 Å². The fourth-order valence-electron chi connectivity index (χ4n) is 2.93. The Morgan fingerprint density at radius 2 is 2.09 bits per heavy atom. The fourth-order valence-corrected chi connectivity index (χ4v) is 4.13. The van der Waals surface area contributed by atoms with Gasteiger partial charge in [0.2, 0.25) is 15.9 Å². The molecule has 3 atom stereocenters. The van der Waals surface area contributed by atoms with E-state index >= 15 is 0 Å². The Morgan fingerprint density at radius 3 is 2.65 bits per heavy atom. The third-order valence-corrected chi connectivity index (χ3v) is 5.35. The molecule has 2 rings (SSSR count). The lowest BCUT2D eigenvalue weighted by molar-refractivity contribution is -0.127. The van der Waals surface area contributed by atoms with Gasteiger partial charge in [-0.25, -0.2) is 8.42 Å². The average Bonchev–Trinajstić information content (AvgIpc) is 3.02. The van der Waals surface area contributed by atoms with E-state index in [1.165, 1.54) is 0 Å². The minimum atomic E-state index is -3.72. The van der Waals surface area contributed by atoms with Crippen LogP contribution in [-0.2, 0) is 25.3 Å². The molecule has 1 unspecified atom stereocenters. The molecule has 7 heteroatoms. The van der Waals surface area contributed by atoms with Crippen molar-refractivity contribution >= 4 is 15.9 Å². The Kier molecular flexibility index (Phi) is 6.15. The van der Waals surface area contributed by atoms with Crippen LogP contribution in [0.15, 0.2) is 30.3 Å². The molecule has 1 saturated heterocycles. The molecule has 2 N–H and O–H groups in total. The van der Waals surface area contributed by atoms with Gasteiger partial charge in [-0.3, -0.25) is 9.52 Å². The largest absolute Gasteiger partial charge is 0.379 e. The molecule has 0 spiro atoms. The van der Waals surface area contributed by atoms with Crippen LogP contribution in [0.3, 0.4) is 0 Å². The van der Waals surface area contributed by atoms with Crippen LogP contribution < -0.4 is 10.0 Å². The average molecular weight is 340 g/mol. The summed E-state index contributed by atoms with van der Waals surface area (Å²) in [5.41, 5.74) is 0.640. The van der Waals surface area contributed by atoms with Crippen molar-refractivity contribution in [2.75, 3.05) is 13.7 Å². The number of hydrogen-bond acceptors (Lipinski definition) is 5. The molecule has 0 radical (unpaired) electrons. The Labute approximate surface area is 137 Å². The van der Waals surface area contributed by atoms with Gasteiger partial charge in [-0.05, 0) is 24.9 Å². The van der Waals surface area contributed by atoms with Crippen molar-refractivity contribution in [3.8, 4) is 0 Å². The predicted molar refractivity (Wildman–Crippen MR) is 88.2 cm³/mol. The molecule has 1 aromatic rings.